The zero-order chi connectivity index (χ0) is 15.9. The van der Waals surface area contributed by atoms with E-state index in [4.69, 9.17) is 0 Å². The lowest BCUT2D eigenvalue weighted by molar-refractivity contribution is -0.121. The topological polar surface area (TPSA) is 41.1 Å². The Labute approximate surface area is 132 Å². The number of nitrogens with one attached hydrogen (secondary N) is 2. The fourth-order valence-corrected chi connectivity index (χ4v) is 2.35. The fourth-order valence-electron chi connectivity index (χ4n) is 2.35. The number of carbonyl (C=O) groups excluding carboxylic acids is 1. The Morgan fingerprint density at radius 3 is 2.55 bits per heavy atom. The van der Waals surface area contributed by atoms with Gasteiger partial charge in [-0.15, -0.1) is 0 Å². The number of anilines is 1. The van der Waals surface area contributed by atoms with Gasteiger partial charge in [0.2, 0.25) is 5.91 Å². The highest BCUT2D eigenvalue weighted by atomic mass is 16.1. The van der Waals surface area contributed by atoms with Crippen LogP contribution in [0.25, 0.3) is 0 Å². The highest BCUT2D eigenvalue weighted by Crippen LogP contribution is 2.16. The van der Waals surface area contributed by atoms with E-state index in [1.54, 1.807) is 0 Å². The largest absolute Gasteiger partial charge is 0.384 e. The van der Waals surface area contributed by atoms with Gasteiger partial charge in [0, 0.05) is 25.2 Å². The minimum absolute atomic E-state index is 0.0688. The van der Waals surface area contributed by atoms with E-state index in [1.165, 1.54) is 16.7 Å². The van der Waals surface area contributed by atoms with Gasteiger partial charge in [-0.25, -0.2) is 0 Å². The Morgan fingerprint density at radius 2 is 1.77 bits per heavy atom. The van der Waals surface area contributed by atoms with Crippen molar-refractivity contribution in [1.82, 2.24) is 5.32 Å². The molecular formula is C19H24N2O. The second-order valence-corrected chi connectivity index (χ2v) is 5.76. The zero-order valence-electron chi connectivity index (χ0n) is 13.6. The average molecular weight is 296 g/mol. The minimum Gasteiger partial charge on any atom is -0.384 e. The second-order valence-electron chi connectivity index (χ2n) is 5.76. The molecule has 116 valence electrons. The highest BCUT2D eigenvalue weighted by molar-refractivity contribution is 5.76. The predicted molar refractivity (Wildman–Crippen MR) is 92.0 cm³/mol. The molecule has 3 heteroatoms. The Kier molecular flexibility index (Phi) is 5.59. The molecule has 0 fully saturated rings. The molecule has 1 amide bonds. The van der Waals surface area contributed by atoms with E-state index >= 15 is 0 Å². The number of benzene rings is 2. The van der Waals surface area contributed by atoms with Crippen LogP contribution in [0, 0.1) is 20.8 Å². The monoisotopic (exact) mass is 296 g/mol. The van der Waals surface area contributed by atoms with E-state index in [2.05, 4.69) is 61.7 Å². The lowest BCUT2D eigenvalue weighted by Crippen LogP contribution is -2.25. The van der Waals surface area contributed by atoms with Crippen LogP contribution < -0.4 is 10.6 Å². The number of hydrogen-bond donors (Lipinski definition) is 2. The molecule has 22 heavy (non-hydrogen) atoms. The van der Waals surface area contributed by atoms with Gasteiger partial charge in [0.25, 0.3) is 0 Å². The number of hydrogen-bond acceptors (Lipinski definition) is 2. The van der Waals surface area contributed by atoms with Gasteiger partial charge in [-0.05, 0) is 43.5 Å². The lowest BCUT2D eigenvalue weighted by Gasteiger charge is -2.11. The van der Waals surface area contributed by atoms with Gasteiger partial charge < -0.3 is 10.6 Å². The molecule has 3 nitrogen and oxygen atoms in total. The zero-order valence-corrected chi connectivity index (χ0v) is 13.6. The molecule has 0 spiro atoms. The van der Waals surface area contributed by atoms with Gasteiger partial charge in [0.05, 0.1) is 0 Å². The van der Waals surface area contributed by atoms with Crippen molar-refractivity contribution < 1.29 is 4.79 Å². The quantitative estimate of drug-likeness (QED) is 0.853. The van der Waals surface area contributed by atoms with Crippen LogP contribution in [0.2, 0.25) is 0 Å². The Bertz CT molecular complexity index is 650. The van der Waals surface area contributed by atoms with Crippen LogP contribution in [0.15, 0.2) is 42.5 Å². The van der Waals surface area contributed by atoms with Gasteiger partial charge >= 0.3 is 0 Å². The van der Waals surface area contributed by atoms with Gasteiger partial charge in [-0.2, -0.15) is 0 Å². The molecule has 2 N–H and O–H groups in total. The normalized spacial score (nSPS) is 10.3. The van der Waals surface area contributed by atoms with Crippen molar-refractivity contribution in [2.24, 2.45) is 0 Å². The van der Waals surface area contributed by atoms with Crippen LogP contribution in [0.5, 0.6) is 0 Å². The van der Waals surface area contributed by atoms with Gasteiger partial charge in [0.15, 0.2) is 0 Å². The third kappa shape index (κ3) is 4.92. The summed E-state index contributed by atoms with van der Waals surface area (Å²) in [4.78, 5) is 11.9. The maximum atomic E-state index is 11.9. The molecule has 2 aromatic rings. The summed E-state index contributed by atoms with van der Waals surface area (Å²) >= 11 is 0. The number of amides is 1. The first-order valence-corrected chi connectivity index (χ1v) is 7.68. The third-order valence-electron chi connectivity index (χ3n) is 3.63. The summed E-state index contributed by atoms with van der Waals surface area (Å²) in [5, 5.41) is 6.29. The molecule has 0 bridgehead atoms. The maximum absolute atomic E-state index is 11.9. The summed E-state index contributed by atoms with van der Waals surface area (Å²) in [6.45, 7) is 7.42. The van der Waals surface area contributed by atoms with Gasteiger partial charge in [-0.1, -0.05) is 42.0 Å². The maximum Gasteiger partial charge on any atom is 0.222 e. The first-order chi connectivity index (χ1) is 10.5. The van der Waals surface area contributed by atoms with Crippen molar-refractivity contribution in [3.63, 3.8) is 0 Å². The van der Waals surface area contributed by atoms with Crippen LogP contribution in [-0.2, 0) is 11.3 Å². The second kappa shape index (κ2) is 7.64. The highest BCUT2D eigenvalue weighted by Gasteiger charge is 2.03. The summed E-state index contributed by atoms with van der Waals surface area (Å²) in [7, 11) is 0. The molecule has 0 unspecified atom stereocenters. The molecule has 0 saturated carbocycles. The molecule has 0 atom stereocenters. The molecular weight excluding hydrogens is 272 g/mol. The van der Waals surface area contributed by atoms with Crippen molar-refractivity contribution in [2.45, 2.75) is 33.7 Å². The molecule has 0 aliphatic carbocycles. The molecule has 0 aliphatic heterocycles. The molecule has 0 saturated heterocycles. The van der Waals surface area contributed by atoms with E-state index in [0.29, 0.717) is 19.5 Å². The van der Waals surface area contributed by atoms with Crippen LogP contribution in [0.4, 0.5) is 5.69 Å². The summed E-state index contributed by atoms with van der Waals surface area (Å²) < 4.78 is 0. The average Bonchev–Trinajstić information content (AvgIpc) is 2.49. The van der Waals surface area contributed by atoms with Crippen molar-refractivity contribution in [1.29, 1.82) is 0 Å². The number of carbonyl (C=O) groups is 1. The Balaban J connectivity index is 1.75. The van der Waals surface area contributed by atoms with E-state index in [-0.39, 0.29) is 5.91 Å². The minimum atomic E-state index is 0.0688. The Hall–Kier alpha value is -2.29. The first-order valence-electron chi connectivity index (χ1n) is 7.68. The Morgan fingerprint density at radius 1 is 1.00 bits per heavy atom. The van der Waals surface area contributed by atoms with Crippen LogP contribution in [-0.4, -0.2) is 12.5 Å². The summed E-state index contributed by atoms with van der Waals surface area (Å²) in [6, 6.07) is 14.5. The van der Waals surface area contributed by atoms with Crippen molar-refractivity contribution in [3.8, 4) is 0 Å². The van der Waals surface area contributed by atoms with E-state index in [9.17, 15) is 4.79 Å². The predicted octanol–water partition coefficient (Wildman–Crippen LogP) is 3.73. The lowest BCUT2D eigenvalue weighted by atomic mass is 10.1. The molecule has 0 aromatic heterocycles. The SMILES string of the molecule is Cc1cccc(CNC(=O)CCNc2cc(C)ccc2C)c1. The molecule has 0 radical (unpaired) electrons. The van der Waals surface area contributed by atoms with E-state index < -0.39 is 0 Å². The van der Waals surface area contributed by atoms with Crippen LogP contribution in [0.3, 0.4) is 0 Å². The van der Waals surface area contributed by atoms with Crippen molar-refractivity contribution >= 4 is 11.6 Å². The summed E-state index contributed by atoms with van der Waals surface area (Å²) in [5.74, 6) is 0.0688. The molecule has 0 heterocycles. The first kappa shape index (κ1) is 16.1. The van der Waals surface area contributed by atoms with Crippen molar-refractivity contribution in [3.05, 3.63) is 64.7 Å². The van der Waals surface area contributed by atoms with Crippen molar-refractivity contribution in [2.75, 3.05) is 11.9 Å². The third-order valence-corrected chi connectivity index (χ3v) is 3.63. The molecule has 0 aliphatic rings. The van der Waals surface area contributed by atoms with Crippen LogP contribution in [0.1, 0.15) is 28.7 Å². The molecule has 2 rings (SSSR count). The van der Waals surface area contributed by atoms with E-state index in [1.807, 2.05) is 12.1 Å². The van der Waals surface area contributed by atoms with Crippen LogP contribution >= 0.6 is 0 Å². The fraction of sp³-hybridized carbons (Fsp3) is 0.316. The smallest absolute Gasteiger partial charge is 0.222 e. The summed E-state index contributed by atoms with van der Waals surface area (Å²) in [6.07, 6.45) is 0.471. The van der Waals surface area contributed by atoms with E-state index in [0.717, 1.165) is 11.3 Å². The number of aryl methyl sites for hydroxylation is 3. The molecule has 2 aromatic carbocycles. The van der Waals surface area contributed by atoms with Gasteiger partial charge in [-0.3, -0.25) is 4.79 Å². The summed E-state index contributed by atoms with van der Waals surface area (Å²) in [5.41, 5.74) is 5.87. The number of rotatable bonds is 6. The van der Waals surface area contributed by atoms with Gasteiger partial charge in [0.1, 0.15) is 0 Å². The standard InChI is InChI=1S/C19H24N2O/c1-14-5-4-6-17(11-14)13-21-19(22)9-10-20-18-12-15(2)7-8-16(18)3/h4-8,11-12,20H,9-10,13H2,1-3H3,(H,21,22).